The van der Waals surface area contributed by atoms with E-state index in [4.69, 9.17) is 5.73 Å². The molecule has 1 aromatic heterocycles. The van der Waals surface area contributed by atoms with Crippen LogP contribution in [0.4, 0.5) is 5.69 Å². The molecule has 0 aliphatic carbocycles. The zero-order valence-electron chi connectivity index (χ0n) is 13.9. The number of aromatic nitrogens is 1. The number of benzene rings is 1. The molecule has 0 radical (unpaired) electrons. The lowest BCUT2D eigenvalue weighted by atomic mass is 10.1. The second-order valence-corrected chi connectivity index (χ2v) is 6.45. The van der Waals surface area contributed by atoms with Gasteiger partial charge in [0.1, 0.15) is 0 Å². The summed E-state index contributed by atoms with van der Waals surface area (Å²) >= 11 is 1.76. The van der Waals surface area contributed by atoms with Gasteiger partial charge in [-0.15, -0.1) is 35.3 Å². The van der Waals surface area contributed by atoms with Gasteiger partial charge in [0, 0.05) is 23.5 Å². The molecule has 1 heterocycles. The Morgan fingerprint density at radius 2 is 2.09 bits per heavy atom. The Labute approximate surface area is 159 Å². The molecule has 1 aromatic carbocycles. The summed E-state index contributed by atoms with van der Waals surface area (Å²) in [5.41, 5.74) is 9.41. The van der Waals surface area contributed by atoms with Crippen molar-refractivity contribution < 1.29 is 0 Å². The topological polar surface area (TPSA) is 63.3 Å². The van der Waals surface area contributed by atoms with Crippen LogP contribution in [0.5, 0.6) is 0 Å². The summed E-state index contributed by atoms with van der Waals surface area (Å²) < 4.78 is 0. The quantitative estimate of drug-likeness (QED) is 0.400. The highest BCUT2D eigenvalue weighted by molar-refractivity contribution is 14.0. The fourth-order valence-corrected chi connectivity index (χ4v) is 3.26. The number of anilines is 1. The van der Waals surface area contributed by atoms with Crippen molar-refractivity contribution in [2.75, 3.05) is 11.9 Å². The van der Waals surface area contributed by atoms with Crippen molar-refractivity contribution in [2.24, 2.45) is 10.7 Å². The van der Waals surface area contributed by atoms with Crippen LogP contribution in [0.25, 0.3) is 0 Å². The van der Waals surface area contributed by atoms with Gasteiger partial charge in [-0.1, -0.05) is 26.0 Å². The van der Waals surface area contributed by atoms with E-state index in [1.165, 1.54) is 16.1 Å². The van der Waals surface area contributed by atoms with Gasteiger partial charge >= 0.3 is 0 Å². The van der Waals surface area contributed by atoms with Gasteiger partial charge in [-0.3, -0.25) is 4.99 Å². The lowest BCUT2D eigenvalue weighted by Crippen LogP contribution is -2.23. The number of nitrogens with zero attached hydrogens (tertiary/aromatic N) is 2. The van der Waals surface area contributed by atoms with Crippen LogP contribution in [0, 0.1) is 6.92 Å². The summed E-state index contributed by atoms with van der Waals surface area (Å²) in [6.07, 6.45) is 2.83. The van der Waals surface area contributed by atoms with Gasteiger partial charge in [-0.05, 0) is 37.5 Å². The number of hydrogen-bond donors (Lipinski definition) is 2. The van der Waals surface area contributed by atoms with Gasteiger partial charge in [0.25, 0.3) is 0 Å². The number of hydrogen-bond acceptors (Lipinski definition) is 3. The molecule has 0 spiro atoms. The molecule has 2 aromatic rings. The maximum Gasteiger partial charge on any atom is 0.193 e. The van der Waals surface area contributed by atoms with E-state index < -0.39 is 0 Å². The number of rotatable bonds is 6. The highest BCUT2D eigenvalue weighted by Gasteiger charge is 2.05. The number of guanidine groups is 1. The maximum absolute atomic E-state index is 5.94. The number of nitrogens with two attached hydrogens (primary N) is 1. The molecule has 4 nitrogen and oxygen atoms in total. The van der Waals surface area contributed by atoms with E-state index in [1.807, 2.05) is 12.1 Å². The minimum Gasteiger partial charge on any atom is -0.370 e. The minimum absolute atomic E-state index is 0. The Balaban J connectivity index is 0.00000264. The van der Waals surface area contributed by atoms with Gasteiger partial charge in [0.2, 0.25) is 0 Å². The van der Waals surface area contributed by atoms with Crippen molar-refractivity contribution >= 4 is 47.0 Å². The first kappa shape index (κ1) is 19.9. The van der Waals surface area contributed by atoms with E-state index in [2.05, 4.69) is 48.2 Å². The summed E-state index contributed by atoms with van der Waals surface area (Å²) in [5.74, 6) is 0.456. The lowest BCUT2D eigenvalue weighted by molar-refractivity contribution is 0.925. The largest absolute Gasteiger partial charge is 0.370 e. The van der Waals surface area contributed by atoms with Gasteiger partial charge in [-0.2, -0.15) is 0 Å². The van der Waals surface area contributed by atoms with Gasteiger partial charge < -0.3 is 11.1 Å². The van der Waals surface area contributed by atoms with Crippen molar-refractivity contribution in [3.63, 3.8) is 0 Å². The summed E-state index contributed by atoms with van der Waals surface area (Å²) in [5, 5.41) is 4.28. The third kappa shape index (κ3) is 6.10. The summed E-state index contributed by atoms with van der Waals surface area (Å²) in [7, 11) is 0. The summed E-state index contributed by atoms with van der Waals surface area (Å²) in [6.45, 7) is 7.05. The van der Waals surface area contributed by atoms with Crippen molar-refractivity contribution in [2.45, 2.75) is 40.0 Å². The zero-order chi connectivity index (χ0) is 15.9. The van der Waals surface area contributed by atoms with E-state index in [0.29, 0.717) is 12.5 Å². The molecule has 3 N–H and O–H groups in total. The Morgan fingerprint density at radius 3 is 2.74 bits per heavy atom. The van der Waals surface area contributed by atoms with Crippen LogP contribution in [-0.2, 0) is 19.3 Å². The predicted octanol–water partition coefficient (Wildman–Crippen LogP) is 4.16. The molecule has 126 valence electrons. The van der Waals surface area contributed by atoms with E-state index in [9.17, 15) is 0 Å². The summed E-state index contributed by atoms with van der Waals surface area (Å²) in [6, 6.07) is 8.23. The average molecular weight is 444 g/mol. The standard InChI is InChI=1S/C17H24N4S.HI/c1-4-13-7-6-8-14(11-13)20-17(18)19-10-9-16-21-15(5-2)12(3)22-16;/h6-8,11H,4-5,9-10H2,1-3H3,(H3,18,19,20);1H. The van der Waals surface area contributed by atoms with Crippen LogP contribution in [0.2, 0.25) is 0 Å². The first-order valence-electron chi connectivity index (χ1n) is 7.73. The van der Waals surface area contributed by atoms with Crippen LogP contribution in [-0.4, -0.2) is 17.5 Å². The molecule has 0 amide bonds. The monoisotopic (exact) mass is 444 g/mol. The second kappa shape index (κ2) is 9.87. The number of thiazole rings is 1. The predicted molar refractivity (Wildman–Crippen MR) is 111 cm³/mol. The molecule has 0 aliphatic rings. The summed E-state index contributed by atoms with van der Waals surface area (Å²) in [4.78, 5) is 10.3. The minimum atomic E-state index is 0. The molecule has 0 unspecified atom stereocenters. The maximum atomic E-state index is 5.94. The van der Waals surface area contributed by atoms with E-state index in [-0.39, 0.29) is 24.0 Å². The van der Waals surface area contributed by atoms with Crippen LogP contribution in [0.1, 0.15) is 35.0 Å². The van der Waals surface area contributed by atoms with E-state index in [0.717, 1.165) is 30.0 Å². The highest BCUT2D eigenvalue weighted by atomic mass is 127. The van der Waals surface area contributed by atoms with E-state index in [1.54, 1.807) is 11.3 Å². The molecule has 0 atom stereocenters. The number of halogens is 1. The average Bonchev–Trinajstić information content (AvgIpc) is 2.87. The first-order chi connectivity index (χ1) is 10.6. The molecule has 0 fully saturated rings. The fraction of sp³-hybridized carbons (Fsp3) is 0.412. The molecule has 6 heteroatoms. The fourth-order valence-electron chi connectivity index (χ4n) is 2.25. The van der Waals surface area contributed by atoms with Crippen LogP contribution in [0.15, 0.2) is 29.3 Å². The molecule has 0 aliphatic heterocycles. The first-order valence-corrected chi connectivity index (χ1v) is 8.55. The number of nitrogens with one attached hydrogen (secondary N) is 1. The van der Waals surface area contributed by atoms with Crippen LogP contribution >= 0.6 is 35.3 Å². The number of aliphatic imine (C=N–C) groups is 1. The van der Waals surface area contributed by atoms with Gasteiger partial charge in [0.15, 0.2) is 5.96 Å². The Morgan fingerprint density at radius 1 is 1.30 bits per heavy atom. The highest BCUT2D eigenvalue weighted by Crippen LogP contribution is 2.18. The second-order valence-electron chi connectivity index (χ2n) is 5.16. The van der Waals surface area contributed by atoms with Crippen molar-refractivity contribution in [3.05, 3.63) is 45.4 Å². The normalized spacial score (nSPS) is 11.2. The van der Waals surface area contributed by atoms with Crippen molar-refractivity contribution in [1.82, 2.24) is 4.98 Å². The van der Waals surface area contributed by atoms with Crippen molar-refractivity contribution in [1.29, 1.82) is 0 Å². The van der Waals surface area contributed by atoms with Gasteiger partial charge in [-0.25, -0.2) is 4.98 Å². The smallest absolute Gasteiger partial charge is 0.193 e. The third-order valence-corrected chi connectivity index (χ3v) is 4.56. The van der Waals surface area contributed by atoms with Crippen LogP contribution < -0.4 is 11.1 Å². The van der Waals surface area contributed by atoms with Crippen LogP contribution in [0.3, 0.4) is 0 Å². The molecule has 0 saturated carbocycles. The lowest BCUT2D eigenvalue weighted by Gasteiger charge is -2.06. The Hall–Kier alpha value is -1.15. The number of aryl methyl sites for hydroxylation is 3. The third-order valence-electron chi connectivity index (χ3n) is 3.49. The van der Waals surface area contributed by atoms with Gasteiger partial charge in [0.05, 0.1) is 10.7 Å². The molecule has 0 bridgehead atoms. The van der Waals surface area contributed by atoms with Crippen molar-refractivity contribution in [3.8, 4) is 0 Å². The zero-order valence-corrected chi connectivity index (χ0v) is 17.1. The molecule has 2 rings (SSSR count). The molecular formula is C17H25IN4S. The molecule has 23 heavy (non-hydrogen) atoms. The SMILES string of the molecule is CCc1cccc(NC(N)=NCCc2nc(CC)c(C)s2)c1.I. The Kier molecular flexibility index (Phi) is 8.54. The Bertz CT molecular complexity index is 652. The molecular weight excluding hydrogens is 419 g/mol. The van der Waals surface area contributed by atoms with E-state index >= 15 is 0 Å². The molecule has 0 saturated heterocycles.